The summed E-state index contributed by atoms with van der Waals surface area (Å²) in [4.78, 5) is 7.26. The maximum absolute atomic E-state index is 13.4. The number of aromatic nitrogens is 2. The van der Waals surface area contributed by atoms with E-state index in [0.29, 0.717) is 13.2 Å². The van der Waals surface area contributed by atoms with Crippen molar-refractivity contribution in [3.05, 3.63) is 65.6 Å². The van der Waals surface area contributed by atoms with E-state index in [9.17, 15) is 4.39 Å². The SMILES string of the molecule is C#Cc1cccc(OCC2CN(Cc3c(-c4ccc(F)cc4)nc4n3CCS4)CCO2)c1. The van der Waals surface area contributed by atoms with Crippen LogP contribution < -0.4 is 4.74 Å². The van der Waals surface area contributed by atoms with E-state index in [2.05, 4.69) is 15.4 Å². The van der Waals surface area contributed by atoms with Crippen LogP contribution in [0.3, 0.4) is 0 Å². The number of ether oxygens (including phenoxy) is 2. The van der Waals surface area contributed by atoms with Crippen LogP contribution in [0.2, 0.25) is 0 Å². The number of rotatable bonds is 6. The normalized spacial score (nSPS) is 18.3. The van der Waals surface area contributed by atoms with Gasteiger partial charge in [0, 0.05) is 43.1 Å². The van der Waals surface area contributed by atoms with Crippen LogP contribution in [-0.4, -0.2) is 52.6 Å². The lowest BCUT2D eigenvalue weighted by Crippen LogP contribution is -2.44. The predicted molar refractivity (Wildman–Crippen MR) is 123 cm³/mol. The van der Waals surface area contributed by atoms with Crippen molar-refractivity contribution in [1.29, 1.82) is 0 Å². The zero-order valence-electron chi connectivity index (χ0n) is 17.7. The van der Waals surface area contributed by atoms with Crippen LogP contribution in [0.5, 0.6) is 5.75 Å². The Morgan fingerprint density at radius 3 is 2.94 bits per heavy atom. The predicted octanol–water partition coefficient (Wildman–Crippen LogP) is 4.06. The van der Waals surface area contributed by atoms with Crippen molar-refractivity contribution in [1.82, 2.24) is 14.5 Å². The lowest BCUT2D eigenvalue weighted by atomic mass is 10.1. The van der Waals surface area contributed by atoms with Crippen LogP contribution >= 0.6 is 11.8 Å². The fourth-order valence-corrected chi connectivity index (χ4v) is 5.10. The van der Waals surface area contributed by atoms with Crippen LogP contribution in [0.25, 0.3) is 11.3 Å². The van der Waals surface area contributed by atoms with Crippen molar-refractivity contribution < 1.29 is 13.9 Å². The quantitative estimate of drug-likeness (QED) is 0.531. The zero-order valence-corrected chi connectivity index (χ0v) is 18.5. The van der Waals surface area contributed by atoms with Crippen LogP contribution in [-0.2, 0) is 17.8 Å². The van der Waals surface area contributed by atoms with Crippen LogP contribution in [0, 0.1) is 18.2 Å². The first kappa shape index (κ1) is 21.1. The van der Waals surface area contributed by atoms with E-state index in [4.69, 9.17) is 20.9 Å². The van der Waals surface area contributed by atoms with Crippen molar-refractivity contribution >= 4 is 11.8 Å². The summed E-state index contributed by atoms with van der Waals surface area (Å²) >= 11 is 1.77. The van der Waals surface area contributed by atoms with Crippen LogP contribution in [0.4, 0.5) is 4.39 Å². The summed E-state index contributed by atoms with van der Waals surface area (Å²) in [5.74, 6) is 4.19. The lowest BCUT2D eigenvalue weighted by molar-refractivity contribution is -0.0509. The number of imidazole rings is 1. The number of halogens is 1. The minimum atomic E-state index is -0.236. The third kappa shape index (κ3) is 4.53. The van der Waals surface area contributed by atoms with Crippen molar-refractivity contribution in [2.75, 3.05) is 32.1 Å². The van der Waals surface area contributed by atoms with E-state index < -0.39 is 0 Å². The molecule has 2 aliphatic heterocycles. The summed E-state index contributed by atoms with van der Waals surface area (Å²) in [6, 6.07) is 14.2. The van der Waals surface area contributed by atoms with Gasteiger partial charge in [0.15, 0.2) is 5.16 Å². The molecule has 32 heavy (non-hydrogen) atoms. The smallest absolute Gasteiger partial charge is 0.168 e. The molecule has 0 amide bonds. The van der Waals surface area contributed by atoms with Gasteiger partial charge < -0.3 is 14.0 Å². The standard InChI is InChI=1S/C25H24FN3O2S/c1-2-18-4-3-5-21(14-18)31-17-22-15-28(10-12-30-22)16-23-24(19-6-8-20(26)9-7-19)27-25-29(23)11-13-32-25/h1,3-9,14,22H,10-13,15-17H2. The first-order valence-corrected chi connectivity index (χ1v) is 11.7. The zero-order chi connectivity index (χ0) is 21.9. The van der Waals surface area contributed by atoms with E-state index in [0.717, 1.165) is 59.7 Å². The molecule has 0 saturated carbocycles. The molecule has 0 spiro atoms. The van der Waals surface area contributed by atoms with Gasteiger partial charge in [-0.05, 0) is 42.5 Å². The summed E-state index contributed by atoms with van der Waals surface area (Å²) in [5.41, 5.74) is 3.87. The maximum Gasteiger partial charge on any atom is 0.168 e. The van der Waals surface area contributed by atoms with Gasteiger partial charge in [0.2, 0.25) is 0 Å². The van der Waals surface area contributed by atoms with Gasteiger partial charge >= 0.3 is 0 Å². The number of nitrogens with zero attached hydrogens (tertiary/aromatic N) is 3. The third-order valence-electron chi connectivity index (χ3n) is 5.73. The van der Waals surface area contributed by atoms with Gasteiger partial charge in [-0.15, -0.1) is 6.42 Å². The van der Waals surface area contributed by atoms with Gasteiger partial charge in [-0.1, -0.05) is 23.7 Å². The average molecular weight is 450 g/mol. The molecule has 7 heteroatoms. The molecule has 1 aromatic heterocycles. The fourth-order valence-electron chi connectivity index (χ4n) is 4.13. The monoisotopic (exact) mass is 449 g/mol. The Balaban J connectivity index is 1.29. The summed E-state index contributed by atoms with van der Waals surface area (Å²) in [7, 11) is 0. The molecule has 2 aliphatic rings. The minimum Gasteiger partial charge on any atom is -0.491 e. The summed E-state index contributed by atoms with van der Waals surface area (Å²) in [6.07, 6.45) is 5.45. The van der Waals surface area contributed by atoms with Gasteiger partial charge in [-0.25, -0.2) is 9.37 Å². The highest BCUT2D eigenvalue weighted by Crippen LogP contribution is 2.34. The van der Waals surface area contributed by atoms with Gasteiger partial charge in [0.1, 0.15) is 24.3 Å². The first-order valence-electron chi connectivity index (χ1n) is 10.7. The second-order valence-electron chi connectivity index (χ2n) is 7.91. The van der Waals surface area contributed by atoms with Crippen molar-refractivity contribution in [2.24, 2.45) is 0 Å². The summed E-state index contributed by atoms with van der Waals surface area (Å²) in [5, 5.41) is 1.04. The molecule has 3 heterocycles. The molecular weight excluding hydrogens is 425 g/mol. The molecule has 2 aromatic carbocycles. The first-order chi connectivity index (χ1) is 15.7. The molecule has 0 bridgehead atoms. The molecule has 0 aliphatic carbocycles. The number of hydrogen-bond donors (Lipinski definition) is 0. The van der Waals surface area contributed by atoms with E-state index in [1.54, 1.807) is 11.8 Å². The number of fused-ring (bicyclic) bond motifs is 1. The number of morpholine rings is 1. The van der Waals surface area contributed by atoms with Gasteiger partial charge in [-0.3, -0.25) is 4.90 Å². The molecule has 164 valence electrons. The Bertz CT molecular complexity index is 1140. The van der Waals surface area contributed by atoms with E-state index >= 15 is 0 Å². The van der Waals surface area contributed by atoms with E-state index in [1.165, 1.54) is 17.8 Å². The average Bonchev–Trinajstić information content (AvgIpc) is 3.41. The molecule has 1 unspecified atom stereocenters. The molecule has 0 N–H and O–H groups in total. The number of benzene rings is 2. The highest BCUT2D eigenvalue weighted by molar-refractivity contribution is 7.99. The van der Waals surface area contributed by atoms with Crippen LogP contribution in [0.1, 0.15) is 11.3 Å². The second-order valence-corrected chi connectivity index (χ2v) is 8.97. The minimum absolute atomic E-state index is 0.0251. The third-order valence-corrected chi connectivity index (χ3v) is 6.69. The fraction of sp³-hybridized carbons (Fsp3) is 0.320. The molecule has 0 radical (unpaired) electrons. The lowest BCUT2D eigenvalue weighted by Gasteiger charge is -2.33. The van der Waals surface area contributed by atoms with E-state index in [-0.39, 0.29) is 11.9 Å². The molecule has 1 fully saturated rings. The molecule has 1 atom stereocenters. The van der Waals surface area contributed by atoms with Gasteiger partial charge in [0.25, 0.3) is 0 Å². The largest absolute Gasteiger partial charge is 0.491 e. The Labute approximate surface area is 191 Å². The van der Waals surface area contributed by atoms with Crippen molar-refractivity contribution in [3.8, 4) is 29.4 Å². The Hall–Kier alpha value is -2.79. The number of terminal acetylenes is 1. The molecule has 1 saturated heterocycles. The van der Waals surface area contributed by atoms with E-state index in [1.807, 2.05) is 36.4 Å². The maximum atomic E-state index is 13.4. The molecular formula is C25H24FN3O2S. The molecule has 5 nitrogen and oxygen atoms in total. The summed E-state index contributed by atoms with van der Waals surface area (Å²) in [6.45, 7) is 4.46. The highest BCUT2D eigenvalue weighted by Gasteiger charge is 2.27. The number of thioether (sulfide) groups is 1. The number of hydrogen-bond acceptors (Lipinski definition) is 5. The van der Waals surface area contributed by atoms with Gasteiger partial charge in [0.05, 0.1) is 18.0 Å². The molecule has 5 rings (SSSR count). The highest BCUT2D eigenvalue weighted by atomic mass is 32.2. The topological polar surface area (TPSA) is 39.5 Å². The Kier molecular flexibility index (Phi) is 6.17. The van der Waals surface area contributed by atoms with Crippen molar-refractivity contribution in [2.45, 2.75) is 24.3 Å². The second kappa shape index (κ2) is 9.37. The Morgan fingerprint density at radius 1 is 1.22 bits per heavy atom. The van der Waals surface area contributed by atoms with Crippen LogP contribution in [0.15, 0.2) is 53.7 Å². The Morgan fingerprint density at radius 2 is 2.09 bits per heavy atom. The molecule has 3 aromatic rings. The van der Waals surface area contributed by atoms with Crippen molar-refractivity contribution in [3.63, 3.8) is 0 Å². The summed E-state index contributed by atoms with van der Waals surface area (Å²) < 4.78 is 27.6. The van der Waals surface area contributed by atoms with Gasteiger partial charge in [-0.2, -0.15) is 0 Å².